The number of fused-ring (bicyclic) bond motifs is 2. The quantitative estimate of drug-likeness (QED) is 0.739. The third kappa shape index (κ3) is 2.93. The van der Waals surface area contributed by atoms with Crippen molar-refractivity contribution in [3.05, 3.63) is 76.6 Å². The lowest BCUT2D eigenvalue weighted by molar-refractivity contribution is 0.203. The van der Waals surface area contributed by atoms with Crippen molar-refractivity contribution < 1.29 is 4.39 Å². The fourth-order valence-corrected chi connectivity index (χ4v) is 4.07. The fourth-order valence-electron chi connectivity index (χ4n) is 3.90. The highest BCUT2D eigenvalue weighted by Gasteiger charge is 2.36. The van der Waals surface area contributed by atoms with E-state index in [0.717, 1.165) is 25.0 Å². The summed E-state index contributed by atoms with van der Waals surface area (Å²) >= 11 is 6.06. The second-order valence-corrected chi connectivity index (χ2v) is 6.91. The molecule has 1 nitrogen and oxygen atoms in total. The molecule has 2 aliphatic heterocycles. The molecule has 2 aromatic rings. The van der Waals surface area contributed by atoms with Crippen LogP contribution in [0.15, 0.2) is 54.6 Å². The summed E-state index contributed by atoms with van der Waals surface area (Å²) in [5.41, 5.74) is 3.13. The van der Waals surface area contributed by atoms with Crippen molar-refractivity contribution in [1.82, 2.24) is 4.90 Å². The van der Waals surface area contributed by atoms with Gasteiger partial charge in [0.2, 0.25) is 0 Å². The van der Waals surface area contributed by atoms with E-state index < -0.39 is 0 Å². The molecular formula is C20H19ClFN. The van der Waals surface area contributed by atoms with Crippen molar-refractivity contribution >= 4 is 17.2 Å². The van der Waals surface area contributed by atoms with E-state index in [4.69, 9.17) is 11.6 Å². The molecule has 3 heteroatoms. The fraction of sp³-hybridized carbons (Fsp3) is 0.300. The number of hydrogen-bond donors (Lipinski definition) is 0. The van der Waals surface area contributed by atoms with Crippen molar-refractivity contribution in [3.8, 4) is 0 Å². The third-order valence-corrected chi connectivity index (χ3v) is 5.26. The Morgan fingerprint density at radius 1 is 1.09 bits per heavy atom. The first-order valence-corrected chi connectivity index (χ1v) is 8.54. The van der Waals surface area contributed by atoms with Crippen LogP contribution >= 0.6 is 11.6 Å². The molecule has 118 valence electrons. The highest BCUT2D eigenvalue weighted by atomic mass is 35.5. The largest absolute Gasteiger partial charge is 0.289 e. The normalized spacial score (nSPS) is 23.8. The van der Waals surface area contributed by atoms with Gasteiger partial charge in [0.25, 0.3) is 0 Å². The van der Waals surface area contributed by atoms with Gasteiger partial charge in [0.15, 0.2) is 0 Å². The maximum atomic E-state index is 14.2. The molecule has 0 spiro atoms. The van der Waals surface area contributed by atoms with Crippen LogP contribution in [0.1, 0.15) is 30.4 Å². The van der Waals surface area contributed by atoms with Gasteiger partial charge in [-0.3, -0.25) is 4.90 Å². The second kappa shape index (κ2) is 6.10. The molecule has 2 unspecified atom stereocenters. The minimum Gasteiger partial charge on any atom is -0.289 e. The summed E-state index contributed by atoms with van der Waals surface area (Å²) in [5.74, 6) is -0.170. The maximum absolute atomic E-state index is 14.2. The molecule has 0 N–H and O–H groups in total. The lowest BCUT2D eigenvalue weighted by atomic mass is 9.94. The summed E-state index contributed by atoms with van der Waals surface area (Å²) < 4.78 is 14.2. The number of hydrogen-bond acceptors (Lipinski definition) is 1. The maximum Gasteiger partial charge on any atom is 0.130 e. The van der Waals surface area contributed by atoms with Gasteiger partial charge in [-0.2, -0.15) is 0 Å². The van der Waals surface area contributed by atoms with Crippen LogP contribution < -0.4 is 0 Å². The van der Waals surface area contributed by atoms with Crippen LogP contribution in [0.2, 0.25) is 5.02 Å². The summed E-state index contributed by atoms with van der Waals surface area (Å²) in [6, 6.07) is 16.3. The van der Waals surface area contributed by atoms with E-state index in [9.17, 15) is 4.39 Å². The molecule has 0 saturated carbocycles. The van der Waals surface area contributed by atoms with Gasteiger partial charge in [-0.1, -0.05) is 48.0 Å². The van der Waals surface area contributed by atoms with Gasteiger partial charge in [0.1, 0.15) is 5.82 Å². The van der Waals surface area contributed by atoms with E-state index in [2.05, 4.69) is 35.2 Å². The van der Waals surface area contributed by atoms with Crippen LogP contribution in [0.4, 0.5) is 4.39 Å². The molecule has 4 rings (SSSR count). The molecule has 2 heterocycles. The Balaban J connectivity index is 1.60. The first-order valence-electron chi connectivity index (χ1n) is 8.16. The highest BCUT2D eigenvalue weighted by molar-refractivity contribution is 6.30. The highest BCUT2D eigenvalue weighted by Crippen LogP contribution is 2.40. The Labute approximate surface area is 141 Å². The SMILES string of the molecule is Fc1ccc(Cl)cc1C1=CC2CCC(C1)N2Cc1ccccc1. The molecule has 0 amide bonds. The van der Waals surface area contributed by atoms with Gasteiger partial charge < -0.3 is 0 Å². The molecule has 23 heavy (non-hydrogen) atoms. The Kier molecular flexibility index (Phi) is 3.96. The first-order chi connectivity index (χ1) is 11.2. The van der Waals surface area contributed by atoms with Crippen LogP contribution in [0.3, 0.4) is 0 Å². The zero-order valence-electron chi connectivity index (χ0n) is 12.9. The van der Waals surface area contributed by atoms with Gasteiger partial charge in [-0.15, -0.1) is 0 Å². The van der Waals surface area contributed by atoms with E-state index in [1.807, 2.05) is 6.07 Å². The lowest BCUT2D eigenvalue weighted by Gasteiger charge is -2.34. The first kappa shape index (κ1) is 14.9. The zero-order valence-corrected chi connectivity index (χ0v) is 13.6. The van der Waals surface area contributed by atoms with Crippen molar-refractivity contribution in [3.63, 3.8) is 0 Å². The number of benzene rings is 2. The third-order valence-electron chi connectivity index (χ3n) is 5.02. The van der Waals surface area contributed by atoms with Crippen LogP contribution in [0.5, 0.6) is 0 Å². The van der Waals surface area contributed by atoms with Gasteiger partial charge in [-0.05, 0) is 48.6 Å². The molecule has 2 atom stereocenters. The average Bonchev–Trinajstić information content (AvgIpc) is 2.80. The molecule has 0 aliphatic carbocycles. The smallest absolute Gasteiger partial charge is 0.130 e. The van der Waals surface area contributed by atoms with Crippen LogP contribution in [0, 0.1) is 5.82 Å². The molecular weight excluding hydrogens is 309 g/mol. The summed E-state index contributed by atoms with van der Waals surface area (Å²) in [5, 5.41) is 0.598. The lowest BCUT2D eigenvalue weighted by Crippen LogP contribution is -2.37. The second-order valence-electron chi connectivity index (χ2n) is 6.48. The number of nitrogens with zero attached hydrogens (tertiary/aromatic N) is 1. The molecule has 2 aromatic carbocycles. The Morgan fingerprint density at radius 3 is 2.70 bits per heavy atom. The van der Waals surface area contributed by atoms with E-state index >= 15 is 0 Å². The molecule has 0 aromatic heterocycles. The monoisotopic (exact) mass is 327 g/mol. The summed E-state index contributed by atoms with van der Waals surface area (Å²) in [7, 11) is 0. The van der Waals surface area contributed by atoms with E-state index in [0.29, 0.717) is 22.7 Å². The molecule has 0 radical (unpaired) electrons. The van der Waals surface area contributed by atoms with Crippen molar-refractivity contribution in [2.75, 3.05) is 0 Å². The summed E-state index contributed by atoms with van der Waals surface area (Å²) in [4.78, 5) is 2.56. The van der Waals surface area contributed by atoms with Gasteiger partial charge in [-0.25, -0.2) is 4.39 Å². The molecule has 1 fully saturated rings. The van der Waals surface area contributed by atoms with E-state index in [-0.39, 0.29) is 5.82 Å². The molecule has 1 saturated heterocycles. The van der Waals surface area contributed by atoms with Gasteiger partial charge >= 0.3 is 0 Å². The van der Waals surface area contributed by atoms with Crippen LogP contribution in [-0.2, 0) is 6.54 Å². The minimum atomic E-state index is -0.170. The van der Waals surface area contributed by atoms with E-state index in [1.54, 1.807) is 12.1 Å². The standard InChI is InChI=1S/C20H19ClFN/c21-16-6-9-20(22)19(12-16)15-10-17-7-8-18(11-15)23(17)13-14-4-2-1-3-5-14/h1-6,9-10,12,17-18H,7-8,11,13H2. The predicted molar refractivity (Wildman–Crippen MR) is 92.8 cm³/mol. The summed E-state index contributed by atoms with van der Waals surface area (Å²) in [6.45, 7) is 0.970. The summed E-state index contributed by atoms with van der Waals surface area (Å²) in [6.07, 6.45) is 5.49. The number of halogens is 2. The Bertz CT molecular complexity index is 741. The molecule has 2 bridgehead atoms. The Hall–Kier alpha value is -1.64. The Morgan fingerprint density at radius 2 is 1.91 bits per heavy atom. The minimum absolute atomic E-state index is 0.170. The molecule has 2 aliphatic rings. The predicted octanol–water partition coefficient (Wildman–Crippen LogP) is 5.30. The van der Waals surface area contributed by atoms with Gasteiger partial charge in [0.05, 0.1) is 0 Å². The van der Waals surface area contributed by atoms with Crippen molar-refractivity contribution in [1.29, 1.82) is 0 Å². The topological polar surface area (TPSA) is 3.24 Å². The van der Waals surface area contributed by atoms with Gasteiger partial charge in [0, 0.05) is 29.2 Å². The average molecular weight is 328 g/mol. The van der Waals surface area contributed by atoms with E-state index in [1.165, 1.54) is 18.1 Å². The van der Waals surface area contributed by atoms with Crippen LogP contribution in [0.25, 0.3) is 5.57 Å². The zero-order chi connectivity index (χ0) is 15.8. The number of rotatable bonds is 3. The van der Waals surface area contributed by atoms with Crippen LogP contribution in [-0.4, -0.2) is 17.0 Å². The van der Waals surface area contributed by atoms with Crippen molar-refractivity contribution in [2.24, 2.45) is 0 Å². The van der Waals surface area contributed by atoms with Crippen molar-refractivity contribution in [2.45, 2.75) is 37.9 Å².